The Morgan fingerprint density at radius 2 is 1.04 bits per heavy atom. The smallest absolute Gasteiger partial charge is 0.160 e. The van der Waals surface area contributed by atoms with Crippen molar-refractivity contribution in [1.82, 2.24) is 9.97 Å². The van der Waals surface area contributed by atoms with Crippen molar-refractivity contribution in [2.45, 2.75) is 9.79 Å². The Morgan fingerprint density at radius 1 is 0.385 bits per heavy atom. The summed E-state index contributed by atoms with van der Waals surface area (Å²) in [7, 11) is 0. The maximum Gasteiger partial charge on any atom is 0.160 e. The van der Waals surface area contributed by atoms with Crippen LogP contribution in [0.2, 0.25) is 0 Å². The quantitative estimate of drug-likeness (QED) is 0.186. The summed E-state index contributed by atoms with van der Waals surface area (Å²) in [5.41, 5.74) is 13.5. The Hall–Kier alpha value is -6.49. The van der Waals surface area contributed by atoms with Crippen LogP contribution >= 0.6 is 11.8 Å². The number of para-hydroxylation sites is 1. The van der Waals surface area contributed by atoms with Gasteiger partial charge in [-0.25, -0.2) is 9.97 Å². The molecule has 0 atom stereocenters. The molecule has 0 aliphatic carbocycles. The first-order valence-corrected chi connectivity index (χ1v) is 18.2. The molecule has 0 fully saturated rings. The van der Waals surface area contributed by atoms with E-state index in [1.54, 1.807) is 0 Å². The Morgan fingerprint density at radius 3 is 1.87 bits per heavy atom. The first-order chi connectivity index (χ1) is 25.7. The number of furan rings is 1. The summed E-state index contributed by atoms with van der Waals surface area (Å²) in [5, 5.41) is 2.23. The lowest BCUT2D eigenvalue weighted by Crippen LogP contribution is -1.96. The third-order valence-corrected chi connectivity index (χ3v) is 10.9. The SMILES string of the molecule is C1=Cc2ccc(-c3cc(-c4ccccc4)nc(-c4ccccc4)n3)cc2-c2cc3oc4ccccc4c3cc2Sc2ccccc2-c2ccccc21. The lowest BCUT2D eigenvalue weighted by Gasteiger charge is -2.16. The summed E-state index contributed by atoms with van der Waals surface area (Å²) in [6.07, 6.45) is 4.49. The van der Waals surface area contributed by atoms with Crippen LogP contribution in [0.1, 0.15) is 11.1 Å². The predicted octanol–water partition coefficient (Wildman–Crippen LogP) is 13.3. The second kappa shape index (κ2) is 12.7. The molecule has 7 aromatic carbocycles. The molecule has 0 unspecified atom stereocenters. The van der Waals surface area contributed by atoms with Gasteiger partial charge in [0.1, 0.15) is 11.2 Å². The summed E-state index contributed by atoms with van der Waals surface area (Å²) in [4.78, 5) is 12.6. The highest BCUT2D eigenvalue weighted by Gasteiger charge is 2.20. The van der Waals surface area contributed by atoms with Gasteiger partial charge in [0.2, 0.25) is 0 Å². The highest BCUT2D eigenvalue weighted by Crippen LogP contribution is 2.47. The summed E-state index contributed by atoms with van der Waals surface area (Å²) >= 11 is 1.81. The second-order valence-electron chi connectivity index (χ2n) is 13.0. The van der Waals surface area contributed by atoms with E-state index in [0.29, 0.717) is 5.82 Å². The highest BCUT2D eigenvalue weighted by molar-refractivity contribution is 7.99. The van der Waals surface area contributed by atoms with Gasteiger partial charge in [-0.05, 0) is 69.8 Å². The maximum absolute atomic E-state index is 6.50. The molecule has 0 bridgehead atoms. The number of fused-ring (bicyclic) bond motifs is 9. The molecule has 0 saturated carbocycles. The normalized spacial score (nSPS) is 12.1. The summed E-state index contributed by atoms with van der Waals surface area (Å²) < 4.78 is 6.50. The van der Waals surface area contributed by atoms with E-state index in [1.807, 2.05) is 48.2 Å². The van der Waals surface area contributed by atoms with E-state index >= 15 is 0 Å². The number of nitrogens with zero attached hydrogens (tertiary/aromatic N) is 2. The largest absolute Gasteiger partial charge is 0.456 e. The average molecular weight is 683 g/mol. The van der Waals surface area contributed by atoms with Gasteiger partial charge in [-0.15, -0.1) is 0 Å². The van der Waals surface area contributed by atoms with Crippen molar-refractivity contribution in [3.8, 4) is 56.2 Å². The predicted molar refractivity (Wildman–Crippen MR) is 216 cm³/mol. The summed E-state index contributed by atoms with van der Waals surface area (Å²) in [6, 6.07) is 59.6. The Labute approximate surface area is 306 Å². The van der Waals surface area contributed by atoms with Gasteiger partial charge in [0.25, 0.3) is 0 Å². The van der Waals surface area contributed by atoms with Crippen molar-refractivity contribution in [2.24, 2.45) is 0 Å². The van der Waals surface area contributed by atoms with E-state index in [0.717, 1.165) is 71.6 Å². The van der Waals surface area contributed by atoms with E-state index in [9.17, 15) is 0 Å². The molecule has 1 aliphatic heterocycles. The van der Waals surface area contributed by atoms with Gasteiger partial charge in [0.15, 0.2) is 5.82 Å². The molecule has 244 valence electrons. The van der Waals surface area contributed by atoms with E-state index in [2.05, 4.69) is 146 Å². The molecule has 0 saturated heterocycles. The zero-order valence-corrected chi connectivity index (χ0v) is 28.8. The molecule has 1 aliphatic rings. The molecule has 0 radical (unpaired) electrons. The van der Waals surface area contributed by atoms with Gasteiger partial charge in [-0.2, -0.15) is 0 Å². The van der Waals surface area contributed by atoms with E-state index in [4.69, 9.17) is 14.4 Å². The molecule has 3 heterocycles. The molecule has 10 rings (SSSR count). The molecule has 3 nitrogen and oxygen atoms in total. The fourth-order valence-electron chi connectivity index (χ4n) is 7.17. The highest BCUT2D eigenvalue weighted by atomic mass is 32.2. The van der Waals surface area contributed by atoms with Crippen molar-refractivity contribution in [1.29, 1.82) is 0 Å². The number of benzene rings is 7. The van der Waals surface area contributed by atoms with Crippen LogP contribution in [0, 0.1) is 0 Å². The van der Waals surface area contributed by atoms with Crippen molar-refractivity contribution < 1.29 is 4.42 Å². The number of aromatic nitrogens is 2. The van der Waals surface area contributed by atoms with Crippen LogP contribution in [-0.4, -0.2) is 9.97 Å². The molecule has 52 heavy (non-hydrogen) atoms. The Balaban J connectivity index is 1.24. The van der Waals surface area contributed by atoms with Crippen LogP contribution < -0.4 is 0 Å². The van der Waals surface area contributed by atoms with Crippen molar-refractivity contribution in [3.05, 3.63) is 181 Å². The molecular formula is C48H30N2OS. The zero-order valence-electron chi connectivity index (χ0n) is 28.0. The molecule has 9 aromatic rings. The number of hydrogen-bond donors (Lipinski definition) is 0. The van der Waals surface area contributed by atoms with Gasteiger partial charge < -0.3 is 4.42 Å². The topological polar surface area (TPSA) is 38.9 Å². The fourth-order valence-corrected chi connectivity index (χ4v) is 8.30. The van der Waals surface area contributed by atoms with Gasteiger partial charge in [0.05, 0.1) is 11.4 Å². The lowest BCUT2D eigenvalue weighted by atomic mass is 9.93. The second-order valence-corrected chi connectivity index (χ2v) is 14.0. The average Bonchev–Trinajstić information content (AvgIpc) is 3.57. The summed E-state index contributed by atoms with van der Waals surface area (Å²) in [6.45, 7) is 0. The molecule has 0 N–H and O–H groups in total. The van der Waals surface area contributed by atoms with Crippen LogP contribution in [0.15, 0.2) is 184 Å². The van der Waals surface area contributed by atoms with Gasteiger partial charge >= 0.3 is 0 Å². The maximum atomic E-state index is 6.50. The van der Waals surface area contributed by atoms with Crippen LogP contribution in [0.3, 0.4) is 0 Å². The van der Waals surface area contributed by atoms with Crippen LogP contribution in [0.4, 0.5) is 0 Å². The standard InChI is InChI=1S/C48H30N2OS/c1-3-14-33(15-4-1)42-30-43(50-48(49-42)34-16-5-2-6-17-34)35-26-25-32-24-23-31-13-7-8-18-36(31)38-20-10-12-22-46(38)52-47-29-40-37-19-9-11-21-44(37)51-45(40)28-41(47)39(32)27-35/h1-30H. The zero-order chi connectivity index (χ0) is 34.4. The minimum Gasteiger partial charge on any atom is -0.456 e. The number of rotatable bonds is 3. The first-order valence-electron chi connectivity index (χ1n) is 17.4. The van der Waals surface area contributed by atoms with Gasteiger partial charge in [-0.3, -0.25) is 0 Å². The fraction of sp³-hybridized carbons (Fsp3) is 0. The minimum absolute atomic E-state index is 0.696. The molecule has 0 amide bonds. The van der Waals surface area contributed by atoms with E-state index < -0.39 is 0 Å². The lowest BCUT2D eigenvalue weighted by molar-refractivity contribution is 0.669. The molecule has 2 aromatic heterocycles. The van der Waals surface area contributed by atoms with Crippen molar-refractivity contribution in [2.75, 3.05) is 0 Å². The molecular weight excluding hydrogens is 653 g/mol. The molecule has 0 spiro atoms. The van der Waals surface area contributed by atoms with Crippen molar-refractivity contribution in [3.63, 3.8) is 0 Å². The van der Waals surface area contributed by atoms with Gasteiger partial charge in [0, 0.05) is 37.3 Å². The Kier molecular flexibility index (Phi) is 7.40. The van der Waals surface area contributed by atoms with Gasteiger partial charge in [-0.1, -0.05) is 157 Å². The van der Waals surface area contributed by atoms with Crippen LogP contribution in [-0.2, 0) is 0 Å². The molecule has 4 heteroatoms. The third kappa shape index (κ3) is 5.41. The Bertz CT molecular complexity index is 2760. The van der Waals surface area contributed by atoms with Crippen LogP contribution in [0.5, 0.6) is 0 Å². The summed E-state index contributed by atoms with van der Waals surface area (Å²) in [5.74, 6) is 0.696. The van der Waals surface area contributed by atoms with Crippen molar-refractivity contribution >= 4 is 45.9 Å². The minimum atomic E-state index is 0.696. The first kappa shape index (κ1) is 30.3. The van der Waals surface area contributed by atoms with E-state index in [-0.39, 0.29) is 0 Å². The van der Waals surface area contributed by atoms with Crippen LogP contribution in [0.25, 0.3) is 90.2 Å². The third-order valence-electron chi connectivity index (χ3n) is 9.75. The monoisotopic (exact) mass is 682 g/mol. The van der Waals surface area contributed by atoms with E-state index in [1.165, 1.54) is 21.6 Å². The number of hydrogen-bond acceptors (Lipinski definition) is 4.